The van der Waals surface area contributed by atoms with Gasteiger partial charge < -0.3 is 10.1 Å². The molecule has 0 saturated heterocycles. The third kappa shape index (κ3) is 4.87. The van der Waals surface area contributed by atoms with Gasteiger partial charge in [-0.1, -0.05) is 31.2 Å². The fourth-order valence-electron chi connectivity index (χ4n) is 2.33. The lowest BCUT2D eigenvalue weighted by Crippen LogP contribution is -2.26. The van der Waals surface area contributed by atoms with E-state index in [4.69, 9.17) is 4.74 Å². The predicted molar refractivity (Wildman–Crippen MR) is 84.1 cm³/mol. The van der Waals surface area contributed by atoms with E-state index in [-0.39, 0.29) is 11.9 Å². The number of rotatable bonds is 7. The molecule has 3 heteroatoms. The van der Waals surface area contributed by atoms with Gasteiger partial charge in [0.25, 0.3) is 0 Å². The minimum atomic E-state index is -0.191. The van der Waals surface area contributed by atoms with Crippen LogP contribution in [0.3, 0.4) is 0 Å². The molecule has 0 bridgehead atoms. The lowest BCUT2D eigenvalue weighted by atomic mass is 10.0. The van der Waals surface area contributed by atoms with E-state index in [0.29, 0.717) is 6.61 Å². The Hall–Kier alpha value is -1.87. The monoisotopic (exact) mass is 287 g/mol. The van der Waals surface area contributed by atoms with Crippen molar-refractivity contribution in [2.75, 3.05) is 13.2 Å². The first kappa shape index (κ1) is 15.5. The molecule has 2 aromatic rings. The molecular formula is C18H22FNO. The lowest BCUT2D eigenvalue weighted by Gasteiger charge is -2.17. The molecule has 1 atom stereocenters. The Labute approximate surface area is 126 Å². The van der Waals surface area contributed by atoms with Crippen LogP contribution in [0.5, 0.6) is 5.75 Å². The Morgan fingerprint density at radius 3 is 2.67 bits per heavy atom. The SMILES string of the molecule is CCC(NCCOc1cccc(C)c1)c1cccc(F)c1. The van der Waals surface area contributed by atoms with Crippen LogP contribution in [0.4, 0.5) is 4.39 Å². The molecule has 2 aromatic carbocycles. The summed E-state index contributed by atoms with van der Waals surface area (Å²) in [5, 5.41) is 3.41. The van der Waals surface area contributed by atoms with Crippen LogP contribution in [0.1, 0.15) is 30.5 Å². The smallest absolute Gasteiger partial charge is 0.123 e. The number of benzene rings is 2. The second-order valence-corrected chi connectivity index (χ2v) is 5.13. The molecule has 0 radical (unpaired) electrons. The highest BCUT2D eigenvalue weighted by Gasteiger charge is 2.08. The van der Waals surface area contributed by atoms with Gasteiger partial charge in [0.1, 0.15) is 18.2 Å². The van der Waals surface area contributed by atoms with Crippen molar-refractivity contribution in [3.63, 3.8) is 0 Å². The van der Waals surface area contributed by atoms with Crippen LogP contribution >= 0.6 is 0 Å². The molecule has 2 rings (SSSR count). The molecule has 0 fully saturated rings. The van der Waals surface area contributed by atoms with Crippen LogP contribution in [0.25, 0.3) is 0 Å². The molecular weight excluding hydrogens is 265 g/mol. The van der Waals surface area contributed by atoms with E-state index in [0.717, 1.165) is 24.3 Å². The summed E-state index contributed by atoms with van der Waals surface area (Å²) in [6.45, 7) is 5.45. The van der Waals surface area contributed by atoms with Gasteiger partial charge in [0.15, 0.2) is 0 Å². The first-order valence-electron chi connectivity index (χ1n) is 7.37. The van der Waals surface area contributed by atoms with E-state index in [1.807, 2.05) is 37.3 Å². The van der Waals surface area contributed by atoms with Gasteiger partial charge in [-0.2, -0.15) is 0 Å². The van der Waals surface area contributed by atoms with Crippen LogP contribution in [0.15, 0.2) is 48.5 Å². The molecule has 0 amide bonds. The molecule has 0 aliphatic heterocycles. The molecule has 21 heavy (non-hydrogen) atoms. The van der Waals surface area contributed by atoms with Gasteiger partial charge in [-0.25, -0.2) is 4.39 Å². The van der Waals surface area contributed by atoms with Crippen molar-refractivity contribution in [1.82, 2.24) is 5.32 Å². The molecule has 2 nitrogen and oxygen atoms in total. The Morgan fingerprint density at radius 2 is 1.95 bits per heavy atom. The van der Waals surface area contributed by atoms with Gasteiger partial charge in [-0.15, -0.1) is 0 Å². The van der Waals surface area contributed by atoms with E-state index < -0.39 is 0 Å². The largest absolute Gasteiger partial charge is 0.492 e. The summed E-state index contributed by atoms with van der Waals surface area (Å²) < 4.78 is 19.0. The third-order valence-electron chi connectivity index (χ3n) is 3.41. The van der Waals surface area contributed by atoms with Crippen molar-refractivity contribution in [3.05, 3.63) is 65.5 Å². The normalized spacial score (nSPS) is 12.1. The molecule has 0 spiro atoms. The quantitative estimate of drug-likeness (QED) is 0.769. The van der Waals surface area contributed by atoms with Gasteiger partial charge in [-0.3, -0.25) is 0 Å². The van der Waals surface area contributed by atoms with Crippen molar-refractivity contribution < 1.29 is 9.13 Å². The van der Waals surface area contributed by atoms with Crippen molar-refractivity contribution in [3.8, 4) is 5.75 Å². The summed E-state index contributed by atoms with van der Waals surface area (Å²) in [4.78, 5) is 0. The maximum Gasteiger partial charge on any atom is 0.123 e. The number of hydrogen-bond donors (Lipinski definition) is 1. The summed E-state index contributed by atoms with van der Waals surface area (Å²) in [5.74, 6) is 0.694. The zero-order chi connectivity index (χ0) is 15.1. The molecule has 0 saturated carbocycles. The van der Waals surface area contributed by atoms with Gasteiger partial charge >= 0.3 is 0 Å². The van der Waals surface area contributed by atoms with Gasteiger partial charge in [0.2, 0.25) is 0 Å². The fraction of sp³-hybridized carbons (Fsp3) is 0.333. The predicted octanol–water partition coefficient (Wildman–Crippen LogP) is 4.25. The maximum atomic E-state index is 13.3. The summed E-state index contributed by atoms with van der Waals surface area (Å²) >= 11 is 0. The van der Waals surface area contributed by atoms with Crippen molar-refractivity contribution in [2.24, 2.45) is 0 Å². The van der Waals surface area contributed by atoms with E-state index in [1.54, 1.807) is 12.1 Å². The lowest BCUT2D eigenvalue weighted by molar-refractivity contribution is 0.304. The molecule has 0 aliphatic carbocycles. The minimum absolute atomic E-state index is 0.154. The Kier molecular flexibility index (Phi) is 5.76. The van der Waals surface area contributed by atoms with E-state index >= 15 is 0 Å². The molecule has 0 aliphatic rings. The Morgan fingerprint density at radius 1 is 1.14 bits per heavy atom. The Bertz CT molecular complexity index is 571. The number of aryl methyl sites for hydroxylation is 1. The van der Waals surface area contributed by atoms with Crippen LogP contribution in [0, 0.1) is 12.7 Å². The van der Waals surface area contributed by atoms with Crippen LogP contribution in [0.2, 0.25) is 0 Å². The number of nitrogens with one attached hydrogen (secondary N) is 1. The number of halogens is 1. The van der Waals surface area contributed by atoms with Crippen molar-refractivity contribution in [1.29, 1.82) is 0 Å². The van der Waals surface area contributed by atoms with Crippen LogP contribution in [-0.4, -0.2) is 13.2 Å². The molecule has 1 N–H and O–H groups in total. The molecule has 112 valence electrons. The molecule has 0 heterocycles. The average Bonchev–Trinajstić information content (AvgIpc) is 2.47. The summed E-state index contributed by atoms with van der Waals surface area (Å²) in [6.07, 6.45) is 0.911. The highest BCUT2D eigenvalue weighted by Crippen LogP contribution is 2.17. The van der Waals surface area contributed by atoms with Crippen LogP contribution < -0.4 is 10.1 Å². The standard InChI is InChI=1S/C18H22FNO/c1-3-18(15-7-5-8-16(19)13-15)20-10-11-21-17-9-4-6-14(2)12-17/h4-9,12-13,18,20H,3,10-11H2,1-2H3. The minimum Gasteiger partial charge on any atom is -0.492 e. The maximum absolute atomic E-state index is 13.3. The van der Waals surface area contributed by atoms with E-state index in [1.165, 1.54) is 11.6 Å². The highest BCUT2D eigenvalue weighted by atomic mass is 19.1. The van der Waals surface area contributed by atoms with Gasteiger partial charge in [0, 0.05) is 12.6 Å². The van der Waals surface area contributed by atoms with Crippen molar-refractivity contribution >= 4 is 0 Å². The van der Waals surface area contributed by atoms with Crippen LogP contribution in [-0.2, 0) is 0 Å². The molecule has 0 aromatic heterocycles. The zero-order valence-corrected chi connectivity index (χ0v) is 12.6. The van der Waals surface area contributed by atoms with Gasteiger partial charge in [-0.05, 0) is 48.7 Å². The fourth-order valence-corrected chi connectivity index (χ4v) is 2.33. The van der Waals surface area contributed by atoms with E-state index in [9.17, 15) is 4.39 Å². The van der Waals surface area contributed by atoms with Crippen molar-refractivity contribution in [2.45, 2.75) is 26.3 Å². The summed E-state index contributed by atoms with van der Waals surface area (Å²) in [5.41, 5.74) is 2.17. The van der Waals surface area contributed by atoms with E-state index in [2.05, 4.69) is 12.2 Å². The summed E-state index contributed by atoms with van der Waals surface area (Å²) in [7, 11) is 0. The number of hydrogen-bond acceptors (Lipinski definition) is 2. The molecule has 1 unspecified atom stereocenters. The first-order chi connectivity index (χ1) is 10.2. The average molecular weight is 287 g/mol. The highest BCUT2D eigenvalue weighted by molar-refractivity contribution is 5.27. The zero-order valence-electron chi connectivity index (χ0n) is 12.6. The topological polar surface area (TPSA) is 21.3 Å². The van der Waals surface area contributed by atoms with Gasteiger partial charge in [0.05, 0.1) is 0 Å². The second-order valence-electron chi connectivity index (χ2n) is 5.13. The second kappa shape index (κ2) is 7.79. The number of ether oxygens (including phenoxy) is 1. The first-order valence-corrected chi connectivity index (χ1v) is 7.37. The summed E-state index contributed by atoms with van der Waals surface area (Å²) in [6, 6.07) is 14.9. The third-order valence-corrected chi connectivity index (χ3v) is 3.41. The Balaban J connectivity index is 1.81.